The van der Waals surface area contributed by atoms with Gasteiger partial charge in [-0.15, -0.1) is 13.2 Å². The highest BCUT2D eigenvalue weighted by Crippen LogP contribution is 2.39. The van der Waals surface area contributed by atoms with E-state index in [2.05, 4.69) is 10.1 Å². The van der Waals surface area contributed by atoms with Crippen LogP contribution in [0.15, 0.2) is 60.3 Å². The summed E-state index contributed by atoms with van der Waals surface area (Å²) >= 11 is 0. The van der Waals surface area contributed by atoms with Crippen LogP contribution < -0.4 is 15.8 Å². The minimum Gasteiger partial charge on any atom is -0.406 e. The number of fused-ring (bicyclic) bond motifs is 1. The van der Waals surface area contributed by atoms with Crippen LogP contribution in [0.3, 0.4) is 0 Å². The van der Waals surface area contributed by atoms with Crippen LogP contribution in [0.4, 0.5) is 18.9 Å². The fourth-order valence-electron chi connectivity index (χ4n) is 4.22. The summed E-state index contributed by atoms with van der Waals surface area (Å²) in [5, 5.41) is 22.0. The fourth-order valence-corrected chi connectivity index (χ4v) is 4.22. The van der Waals surface area contributed by atoms with E-state index < -0.39 is 30.3 Å². The van der Waals surface area contributed by atoms with Crippen molar-refractivity contribution < 1.29 is 27.8 Å². The Morgan fingerprint density at radius 2 is 1.97 bits per heavy atom. The molecule has 182 valence electrons. The summed E-state index contributed by atoms with van der Waals surface area (Å²) in [4.78, 5) is 14.9. The van der Waals surface area contributed by atoms with Gasteiger partial charge < -0.3 is 31.2 Å². The predicted octanol–water partition coefficient (Wildman–Crippen LogP) is 4.07. The van der Waals surface area contributed by atoms with E-state index >= 15 is 0 Å². The van der Waals surface area contributed by atoms with Crippen molar-refractivity contribution >= 4 is 17.8 Å². The lowest BCUT2D eigenvalue weighted by Crippen LogP contribution is -2.54. The molecule has 34 heavy (non-hydrogen) atoms. The van der Waals surface area contributed by atoms with Gasteiger partial charge in [0.1, 0.15) is 12.0 Å². The Balaban J connectivity index is 2.05. The molecule has 1 unspecified atom stereocenters. The number of amides is 1. The Kier molecular flexibility index (Phi) is 7.51. The van der Waals surface area contributed by atoms with E-state index in [0.717, 1.165) is 18.3 Å². The van der Waals surface area contributed by atoms with Crippen molar-refractivity contribution in [3.8, 4) is 5.75 Å². The van der Waals surface area contributed by atoms with Gasteiger partial charge in [0.15, 0.2) is 0 Å². The maximum Gasteiger partial charge on any atom is 0.573 e. The quantitative estimate of drug-likeness (QED) is 0.339. The molecule has 0 radical (unpaired) electrons. The van der Waals surface area contributed by atoms with Crippen LogP contribution in [0.2, 0.25) is 0 Å². The molecule has 0 spiro atoms. The Morgan fingerprint density at radius 1 is 1.26 bits per heavy atom. The van der Waals surface area contributed by atoms with E-state index in [9.17, 15) is 23.1 Å². The fraction of sp³-hybridized carbons (Fsp3) is 0.333. The third-order valence-electron chi connectivity index (χ3n) is 5.47. The minimum absolute atomic E-state index is 0.0865. The summed E-state index contributed by atoms with van der Waals surface area (Å²) in [5.41, 5.74) is 7.24. The van der Waals surface area contributed by atoms with Crippen molar-refractivity contribution in [3.05, 3.63) is 71.4 Å². The Hall–Kier alpha value is -3.53. The average Bonchev–Trinajstić information content (AvgIpc) is 2.76. The van der Waals surface area contributed by atoms with Gasteiger partial charge >= 0.3 is 6.36 Å². The van der Waals surface area contributed by atoms with Gasteiger partial charge in [0, 0.05) is 41.8 Å². The lowest BCUT2D eigenvalue weighted by Gasteiger charge is -2.45. The van der Waals surface area contributed by atoms with Gasteiger partial charge in [-0.1, -0.05) is 38.1 Å². The van der Waals surface area contributed by atoms with E-state index in [1.165, 1.54) is 18.3 Å². The van der Waals surface area contributed by atoms with Crippen LogP contribution >= 0.6 is 0 Å². The molecule has 5 N–H and O–H groups in total. The standard InChI is InChI=1S/C24H27F3N4O3/c1-14(2)13-31-21(15(11-28)12-29)20(18-8-3-4-9-19(18)23(31)33)22(32)30-16-6-5-7-17(10-16)34-24(25,26)27/h3-12,14,20-22,28,30,32H,13,29H2,1-2H3/b15-12+,28-11?/t20-,21+,22?/m0/s1. The summed E-state index contributed by atoms with van der Waals surface area (Å²) < 4.78 is 41.8. The van der Waals surface area contributed by atoms with E-state index in [-0.39, 0.29) is 17.5 Å². The molecular weight excluding hydrogens is 449 g/mol. The number of aliphatic hydroxyl groups excluding tert-OH is 1. The third kappa shape index (κ3) is 5.51. The van der Waals surface area contributed by atoms with Crippen molar-refractivity contribution in [2.45, 2.75) is 38.4 Å². The number of carbonyl (C=O) groups is 1. The number of aliphatic hydroxyl groups is 1. The van der Waals surface area contributed by atoms with Crippen molar-refractivity contribution in [2.24, 2.45) is 11.7 Å². The first kappa shape index (κ1) is 25.1. The summed E-state index contributed by atoms with van der Waals surface area (Å²) in [6.45, 7) is 4.23. The number of alkyl halides is 3. The van der Waals surface area contributed by atoms with Crippen molar-refractivity contribution in [2.75, 3.05) is 11.9 Å². The van der Waals surface area contributed by atoms with Gasteiger partial charge in [-0.25, -0.2) is 0 Å². The highest BCUT2D eigenvalue weighted by molar-refractivity contribution is 5.99. The van der Waals surface area contributed by atoms with Crippen molar-refractivity contribution in [3.63, 3.8) is 0 Å². The zero-order valence-electron chi connectivity index (χ0n) is 18.7. The van der Waals surface area contributed by atoms with Crippen LogP contribution in [0, 0.1) is 11.3 Å². The van der Waals surface area contributed by atoms with E-state index in [0.29, 0.717) is 23.2 Å². The molecule has 1 aliphatic rings. The number of rotatable bonds is 8. The monoisotopic (exact) mass is 476 g/mol. The lowest BCUT2D eigenvalue weighted by molar-refractivity contribution is -0.274. The van der Waals surface area contributed by atoms with E-state index in [1.807, 2.05) is 13.8 Å². The molecule has 1 heterocycles. The predicted molar refractivity (Wildman–Crippen MR) is 123 cm³/mol. The molecule has 0 aromatic heterocycles. The van der Waals surface area contributed by atoms with Crippen LogP contribution in [-0.2, 0) is 0 Å². The lowest BCUT2D eigenvalue weighted by atomic mass is 9.78. The van der Waals surface area contributed by atoms with Crippen LogP contribution in [0.5, 0.6) is 5.75 Å². The minimum atomic E-state index is -4.85. The number of nitrogens with zero attached hydrogens (tertiary/aromatic N) is 1. The molecular formula is C24H27F3N4O3. The van der Waals surface area contributed by atoms with Gasteiger partial charge in [-0.05, 0) is 29.7 Å². The Labute approximate surface area is 195 Å². The molecule has 0 saturated carbocycles. The number of nitrogens with one attached hydrogen (secondary N) is 2. The number of benzene rings is 2. The smallest absolute Gasteiger partial charge is 0.406 e. The first-order chi connectivity index (χ1) is 16.1. The normalized spacial score (nSPS) is 19.6. The molecule has 10 heteroatoms. The first-order valence-corrected chi connectivity index (χ1v) is 10.7. The highest BCUT2D eigenvalue weighted by Gasteiger charge is 2.44. The molecule has 3 rings (SSSR count). The van der Waals surface area contributed by atoms with Gasteiger partial charge in [0.25, 0.3) is 5.91 Å². The maximum absolute atomic E-state index is 13.4. The number of anilines is 1. The van der Waals surface area contributed by atoms with Crippen molar-refractivity contribution in [1.82, 2.24) is 4.90 Å². The molecule has 7 nitrogen and oxygen atoms in total. The molecule has 0 aliphatic carbocycles. The zero-order valence-corrected chi connectivity index (χ0v) is 18.7. The van der Waals surface area contributed by atoms with Crippen molar-refractivity contribution in [1.29, 1.82) is 5.41 Å². The van der Waals surface area contributed by atoms with Gasteiger partial charge in [-0.3, -0.25) is 4.79 Å². The highest BCUT2D eigenvalue weighted by atomic mass is 19.4. The average molecular weight is 476 g/mol. The molecule has 0 fully saturated rings. The van der Waals surface area contributed by atoms with E-state index in [1.54, 1.807) is 29.2 Å². The van der Waals surface area contributed by atoms with Gasteiger partial charge in [-0.2, -0.15) is 0 Å². The number of ether oxygens (including phenoxy) is 1. The van der Waals surface area contributed by atoms with Gasteiger partial charge in [0.05, 0.1) is 12.0 Å². The van der Waals surface area contributed by atoms with Crippen LogP contribution in [-0.4, -0.2) is 47.3 Å². The maximum atomic E-state index is 13.4. The molecule has 1 aliphatic heterocycles. The summed E-state index contributed by atoms with van der Waals surface area (Å²) in [6, 6.07) is 11.2. The molecule has 2 aromatic rings. The summed E-state index contributed by atoms with van der Waals surface area (Å²) in [6.07, 6.45) is -3.93. The molecule has 1 amide bonds. The van der Waals surface area contributed by atoms with Gasteiger partial charge in [0.2, 0.25) is 0 Å². The first-order valence-electron chi connectivity index (χ1n) is 10.7. The second-order valence-corrected chi connectivity index (χ2v) is 8.39. The SMILES string of the molecule is CC(C)CN1C(=O)c2ccccc2[C@H](C(O)Nc2cccc(OC(F)(F)F)c2)[C@H]1/C(C=N)=C/N. The zero-order chi connectivity index (χ0) is 25.0. The second kappa shape index (κ2) is 10.2. The topological polar surface area (TPSA) is 112 Å². The van der Waals surface area contributed by atoms with Crippen LogP contribution in [0.25, 0.3) is 0 Å². The molecule has 2 aromatic carbocycles. The number of hydrogen-bond donors (Lipinski definition) is 4. The Morgan fingerprint density at radius 3 is 2.59 bits per heavy atom. The third-order valence-corrected chi connectivity index (χ3v) is 5.47. The van der Waals surface area contributed by atoms with E-state index in [4.69, 9.17) is 11.1 Å². The second-order valence-electron chi connectivity index (χ2n) is 8.39. The molecule has 3 atom stereocenters. The Bertz CT molecular complexity index is 1070. The largest absolute Gasteiger partial charge is 0.573 e. The summed E-state index contributed by atoms with van der Waals surface area (Å²) in [5.74, 6) is -1.37. The number of hydrogen-bond acceptors (Lipinski definition) is 6. The van der Waals surface area contributed by atoms with Crippen LogP contribution in [0.1, 0.15) is 35.7 Å². The molecule has 0 bridgehead atoms. The number of nitrogens with two attached hydrogens (primary N) is 1. The number of carbonyl (C=O) groups excluding carboxylic acids is 1. The number of halogens is 3. The summed E-state index contributed by atoms with van der Waals surface area (Å²) in [7, 11) is 0. The molecule has 0 saturated heterocycles.